The first-order valence-electron chi connectivity index (χ1n) is 10.9. The number of nitriles is 1. The number of hydrogen-bond acceptors (Lipinski definition) is 2. The lowest BCUT2D eigenvalue weighted by Gasteiger charge is -2.46. The number of likely N-dealkylation sites (tertiary alicyclic amines) is 1. The van der Waals surface area contributed by atoms with Crippen LogP contribution in [0.5, 0.6) is 0 Å². The van der Waals surface area contributed by atoms with E-state index in [0.717, 1.165) is 24.2 Å². The predicted octanol–water partition coefficient (Wildman–Crippen LogP) is 7.50. The third-order valence-electron chi connectivity index (χ3n) is 6.08. The van der Waals surface area contributed by atoms with Gasteiger partial charge in [0.1, 0.15) is 11.5 Å². The van der Waals surface area contributed by atoms with E-state index in [4.69, 9.17) is 11.6 Å². The van der Waals surface area contributed by atoms with Gasteiger partial charge in [0.15, 0.2) is 0 Å². The van der Waals surface area contributed by atoms with E-state index in [1.807, 2.05) is 42.5 Å². The van der Waals surface area contributed by atoms with Crippen molar-refractivity contribution in [2.24, 2.45) is 5.92 Å². The number of halogens is 4. The average Bonchev–Trinajstić information content (AvgIpc) is 2.72. The molecular formula is C27H24BrClF2N2. The number of rotatable bonds is 7. The molecule has 2 unspecified atom stereocenters. The van der Waals surface area contributed by atoms with Crippen molar-refractivity contribution in [3.05, 3.63) is 104 Å². The van der Waals surface area contributed by atoms with E-state index >= 15 is 4.39 Å². The number of hydrogen-bond donors (Lipinski definition) is 0. The van der Waals surface area contributed by atoms with Crippen LogP contribution in [0.1, 0.15) is 41.6 Å². The van der Waals surface area contributed by atoms with Gasteiger partial charge in [0.2, 0.25) is 0 Å². The van der Waals surface area contributed by atoms with E-state index in [9.17, 15) is 9.65 Å². The van der Waals surface area contributed by atoms with Crippen LogP contribution in [-0.4, -0.2) is 23.7 Å². The Balaban J connectivity index is 1.47. The van der Waals surface area contributed by atoms with Crippen LogP contribution in [0.4, 0.5) is 8.78 Å². The molecule has 170 valence electrons. The maximum Gasteiger partial charge on any atom is 0.124 e. The topological polar surface area (TPSA) is 27.0 Å². The van der Waals surface area contributed by atoms with E-state index in [2.05, 4.69) is 26.9 Å². The molecule has 0 bridgehead atoms. The minimum absolute atomic E-state index is 0.0307. The highest BCUT2D eigenvalue weighted by atomic mass is 79.9. The number of nitrogens with zero attached hydrogens (tertiary/aromatic N) is 2. The molecule has 1 aliphatic heterocycles. The molecular weight excluding hydrogens is 506 g/mol. The van der Waals surface area contributed by atoms with E-state index in [0.29, 0.717) is 27.0 Å². The molecule has 0 spiro atoms. The van der Waals surface area contributed by atoms with Crippen LogP contribution < -0.4 is 0 Å². The second kappa shape index (κ2) is 9.93. The molecule has 0 N–H and O–H groups in total. The highest BCUT2D eigenvalue weighted by Crippen LogP contribution is 2.39. The zero-order valence-corrected chi connectivity index (χ0v) is 20.6. The fourth-order valence-corrected chi connectivity index (χ4v) is 5.44. The maximum absolute atomic E-state index is 15.4. The first-order valence-corrected chi connectivity index (χ1v) is 12.0. The summed E-state index contributed by atoms with van der Waals surface area (Å²) in [6.07, 6.45) is 0.577. The largest absolute Gasteiger partial charge is 0.292 e. The summed E-state index contributed by atoms with van der Waals surface area (Å²) in [7, 11) is 0. The van der Waals surface area contributed by atoms with Crippen molar-refractivity contribution >= 4 is 27.5 Å². The molecule has 1 fully saturated rings. The van der Waals surface area contributed by atoms with Gasteiger partial charge in [0.25, 0.3) is 0 Å². The number of benzene rings is 3. The molecule has 0 aromatic heterocycles. The van der Waals surface area contributed by atoms with Crippen molar-refractivity contribution in [1.82, 2.24) is 4.90 Å². The van der Waals surface area contributed by atoms with Crippen LogP contribution in [0, 0.1) is 23.1 Å². The van der Waals surface area contributed by atoms with Crippen LogP contribution >= 0.6 is 27.5 Å². The van der Waals surface area contributed by atoms with Gasteiger partial charge in [-0.2, -0.15) is 5.26 Å². The van der Waals surface area contributed by atoms with Crippen LogP contribution in [0.2, 0.25) is 5.02 Å². The van der Waals surface area contributed by atoms with Gasteiger partial charge < -0.3 is 0 Å². The molecule has 0 aliphatic carbocycles. The van der Waals surface area contributed by atoms with E-state index in [1.54, 1.807) is 19.1 Å². The van der Waals surface area contributed by atoms with Crippen molar-refractivity contribution in [2.75, 3.05) is 13.1 Å². The number of alkyl halides is 1. The molecule has 3 aromatic rings. The van der Waals surface area contributed by atoms with Crippen LogP contribution in [-0.2, 0) is 6.42 Å². The molecule has 0 radical (unpaired) electrons. The first kappa shape index (κ1) is 23.9. The Morgan fingerprint density at radius 2 is 1.85 bits per heavy atom. The second-order valence-corrected chi connectivity index (χ2v) is 10.4. The van der Waals surface area contributed by atoms with Gasteiger partial charge in [-0.15, -0.1) is 0 Å². The molecule has 1 heterocycles. The van der Waals surface area contributed by atoms with Gasteiger partial charge in [-0.25, -0.2) is 8.78 Å². The highest BCUT2D eigenvalue weighted by molar-refractivity contribution is 9.10. The minimum Gasteiger partial charge on any atom is -0.292 e. The van der Waals surface area contributed by atoms with Gasteiger partial charge in [-0.1, -0.05) is 51.8 Å². The Bertz CT molecular complexity index is 1150. The van der Waals surface area contributed by atoms with Gasteiger partial charge in [-0.3, -0.25) is 4.90 Å². The Morgan fingerprint density at radius 1 is 1.12 bits per heavy atom. The molecule has 1 saturated heterocycles. The summed E-state index contributed by atoms with van der Waals surface area (Å²) < 4.78 is 29.7. The van der Waals surface area contributed by atoms with Gasteiger partial charge in [0.05, 0.1) is 17.7 Å². The fraction of sp³-hybridized carbons (Fsp3) is 0.296. The van der Waals surface area contributed by atoms with Crippen molar-refractivity contribution in [2.45, 2.75) is 31.5 Å². The SMILES string of the molecule is CC(F)(Cc1cc(F)cc(Br)c1)CC1CN(C(c2ccc(Cl)cc2)c2cccc(C#N)c2)C1. The minimum atomic E-state index is -1.43. The zero-order chi connectivity index (χ0) is 23.6. The third-order valence-corrected chi connectivity index (χ3v) is 6.79. The molecule has 2 atom stereocenters. The van der Waals surface area contributed by atoms with Crippen LogP contribution in [0.3, 0.4) is 0 Å². The van der Waals surface area contributed by atoms with E-state index in [-0.39, 0.29) is 24.2 Å². The molecule has 1 aliphatic rings. The van der Waals surface area contributed by atoms with Crippen molar-refractivity contribution in [1.29, 1.82) is 5.26 Å². The van der Waals surface area contributed by atoms with Crippen molar-refractivity contribution < 1.29 is 8.78 Å². The quantitative estimate of drug-likeness (QED) is 0.317. The average molecular weight is 530 g/mol. The summed E-state index contributed by atoms with van der Waals surface area (Å²) in [5.74, 6) is -0.165. The molecule has 0 amide bonds. The molecule has 6 heteroatoms. The maximum atomic E-state index is 15.4. The molecule has 2 nitrogen and oxygen atoms in total. The summed E-state index contributed by atoms with van der Waals surface area (Å²) in [4.78, 5) is 2.30. The lowest BCUT2D eigenvalue weighted by molar-refractivity contribution is 0.0238. The fourth-order valence-electron chi connectivity index (χ4n) is 4.80. The molecule has 3 aromatic carbocycles. The normalized spacial score (nSPS) is 17.1. The lowest BCUT2D eigenvalue weighted by atomic mass is 9.82. The van der Waals surface area contributed by atoms with Crippen LogP contribution in [0.15, 0.2) is 71.2 Å². The molecule has 4 rings (SSSR count). The third kappa shape index (κ3) is 6.00. The summed E-state index contributed by atoms with van der Waals surface area (Å²) in [5, 5.41) is 10.0. The summed E-state index contributed by atoms with van der Waals surface area (Å²) in [5.41, 5.74) is 1.94. The Hall–Kier alpha value is -2.26. The van der Waals surface area contributed by atoms with Crippen molar-refractivity contribution in [3.8, 4) is 6.07 Å². The summed E-state index contributed by atoms with van der Waals surface area (Å²) in [6, 6.07) is 22.1. The summed E-state index contributed by atoms with van der Waals surface area (Å²) >= 11 is 9.38. The smallest absolute Gasteiger partial charge is 0.124 e. The van der Waals surface area contributed by atoms with Gasteiger partial charge >= 0.3 is 0 Å². The Kier molecular flexibility index (Phi) is 7.19. The van der Waals surface area contributed by atoms with Crippen LogP contribution in [0.25, 0.3) is 0 Å². The highest BCUT2D eigenvalue weighted by Gasteiger charge is 2.38. The first-order chi connectivity index (χ1) is 15.7. The monoisotopic (exact) mass is 528 g/mol. The molecule has 33 heavy (non-hydrogen) atoms. The van der Waals surface area contributed by atoms with E-state index in [1.165, 1.54) is 12.1 Å². The Labute approximate surface area is 206 Å². The Morgan fingerprint density at radius 3 is 2.52 bits per heavy atom. The lowest BCUT2D eigenvalue weighted by Crippen LogP contribution is -2.50. The predicted molar refractivity (Wildman–Crippen MR) is 131 cm³/mol. The van der Waals surface area contributed by atoms with Gasteiger partial charge in [0, 0.05) is 29.0 Å². The standard InChI is InChI=1S/C27H24BrClF2N2/c1-27(31,13-19-10-23(28)12-25(30)11-19)14-20-16-33(17-20)26(21-5-7-24(29)8-6-21)22-4-2-3-18(9-22)15-32/h2-12,20,26H,13-14,16-17H2,1H3. The van der Waals surface area contributed by atoms with Crippen molar-refractivity contribution in [3.63, 3.8) is 0 Å². The van der Waals surface area contributed by atoms with Gasteiger partial charge in [-0.05, 0) is 78.4 Å². The van der Waals surface area contributed by atoms with E-state index < -0.39 is 5.67 Å². The zero-order valence-electron chi connectivity index (χ0n) is 18.2. The second-order valence-electron chi connectivity index (χ2n) is 9.08. The molecule has 0 saturated carbocycles. The summed E-state index contributed by atoms with van der Waals surface area (Å²) in [6.45, 7) is 3.09.